The first kappa shape index (κ1) is 21.1. The molecule has 0 spiro atoms. The van der Waals surface area contributed by atoms with Crippen molar-refractivity contribution >= 4 is 38.7 Å². The number of anilines is 1. The third-order valence-electron chi connectivity index (χ3n) is 4.83. The number of ether oxygens (including phenoxy) is 1. The van der Waals surface area contributed by atoms with E-state index in [1.165, 1.54) is 16.3 Å². The van der Waals surface area contributed by atoms with Gasteiger partial charge in [-0.15, -0.1) is 11.3 Å². The van der Waals surface area contributed by atoms with Crippen LogP contribution in [0.4, 0.5) is 5.69 Å². The van der Waals surface area contributed by atoms with Crippen molar-refractivity contribution in [2.75, 3.05) is 18.1 Å². The molecule has 0 saturated carbocycles. The lowest BCUT2D eigenvalue weighted by Crippen LogP contribution is -2.26. The van der Waals surface area contributed by atoms with Crippen LogP contribution >= 0.6 is 11.3 Å². The molecule has 0 bridgehead atoms. The Morgan fingerprint density at radius 3 is 2.68 bits per heavy atom. The molecule has 9 heteroatoms. The van der Waals surface area contributed by atoms with E-state index >= 15 is 0 Å². The van der Waals surface area contributed by atoms with Gasteiger partial charge in [-0.1, -0.05) is 30.3 Å². The fourth-order valence-electron chi connectivity index (χ4n) is 3.47. The molecule has 1 unspecified atom stereocenters. The molecular weight excluding hydrogens is 434 g/mol. The Bertz CT molecular complexity index is 1240. The molecule has 31 heavy (non-hydrogen) atoms. The largest absolute Gasteiger partial charge is 0.497 e. The van der Waals surface area contributed by atoms with Crippen LogP contribution in [-0.2, 0) is 10.0 Å². The molecule has 0 saturated heterocycles. The van der Waals surface area contributed by atoms with Crippen LogP contribution in [0.25, 0.3) is 0 Å². The van der Waals surface area contributed by atoms with E-state index in [9.17, 15) is 13.2 Å². The maximum Gasteiger partial charge on any atom is 0.284 e. The van der Waals surface area contributed by atoms with Crippen molar-refractivity contribution in [2.24, 2.45) is 5.10 Å². The first-order valence-corrected chi connectivity index (χ1v) is 12.3. The Morgan fingerprint density at radius 2 is 1.97 bits per heavy atom. The number of hydrazone groups is 1. The highest BCUT2D eigenvalue weighted by molar-refractivity contribution is 7.92. The molecule has 0 fully saturated rings. The number of nitrogens with zero attached hydrogens (tertiary/aromatic N) is 2. The number of hydrogen-bond acceptors (Lipinski definition) is 6. The Morgan fingerprint density at radius 1 is 1.16 bits per heavy atom. The zero-order valence-corrected chi connectivity index (χ0v) is 18.6. The van der Waals surface area contributed by atoms with E-state index in [2.05, 4.69) is 9.82 Å². The molecule has 1 aliphatic rings. The van der Waals surface area contributed by atoms with Crippen LogP contribution in [0.1, 0.15) is 33.3 Å². The van der Waals surface area contributed by atoms with E-state index in [0.717, 1.165) is 17.4 Å². The Balaban J connectivity index is 1.72. The summed E-state index contributed by atoms with van der Waals surface area (Å²) in [6.07, 6.45) is 1.60. The van der Waals surface area contributed by atoms with Crippen molar-refractivity contribution in [3.8, 4) is 5.75 Å². The van der Waals surface area contributed by atoms with Crippen LogP contribution in [0.2, 0.25) is 0 Å². The molecule has 2 aromatic carbocycles. The topological polar surface area (TPSA) is 88.1 Å². The van der Waals surface area contributed by atoms with Gasteiger partial charge in [0, 0.05) is 12.1 Å². The van der Waals surface area contributed by atoms with Gasteiger partial charge in [0.25, 0.3) is 5.91 Å². The highest BCUT2D eigenvalue weighted by atomic mass is 32.2. The second-order valence-electron chi connectivity index (χ2n) is 7.13. The summed E-state index contributed by atoms with van der Waals surface area (Å²) in [6, 6.07) is 17.9. The summed E-state index contributed by atoms with van der Waals surface area (Å²) in [6.45, 7) is 0. The highest BCUT2D eigenvalue weighted by Crippen LogP contribution is 2.36. The summed E-state index contributed by atoms with van der Waals surface area (Å²) in [5.74, 6) is 0.525. The van der Waals surface area contributed by atoms with Gasteiger partial charge in [-0.05, 0) is 46.8 Å². The highest BCUT2D eigenvalue weighted by Gasteiger charge is 2.34. The van der Waals surface area contributed by atoms with Gasteiger partial charge in [-0.25, -0.2) is 13.4 Å². The van der Waals surface area contributed by atoms with Gasteiger partial charge in [0.05, 0.1) is 30.0 Å². The van der Waals surface area contributed by atoms with Crippen LogP contribution < -0.4 is 9.46 Å². The summed E-state index contributed by atoms with van der Waals surface area (Å²) < 4.78 is 31.0. The molecule has 2 heterocycles. The number of thiophene rings is 1. The molecule has 1 amide bonds. The zero-order valence-electron chi connectivity index (χ0n) is 17.0. The molecule has 0 aliphatic carbocycles. The third-order valence-corrected chi connectivity index (χ3v) is 6.29. The Labute approximate surface area is 185 Å². The molecule has 1 aromatic heterocycles. The van der Waals surface area contributed by atoms with Crippen molar-refractivity contribution in [1.29, 1.82) is 0 Å². The number of methoxy groups -OCH3 is 1. The average molecular weight is 456 g/mol. The van der Waals surface area contributed by atoms with Crippen LogP contribution in [0.15, 0.2) is 71.1 Å². The molecule has 7 nitrogen and oxygen atoms in total. The Hall–Kier alpha value is -3.17. The molecule has 3 aromatic rings. The normalized spacial score (nSPS) is 16.1. The lowest BCUT2D eigenvalue weighted by molar-refractivity contribution is 0.0716. The van der Waals surface area contributed by atoms with Crippen molar-refractivity contribution in [2.45, 2.75) is 12.5 Å². The molecule has 1 N–H and O–H groups in total. The van der Waals surface area contributed by atoms with E-state index in [1.807, 2.05) is 41.8 Å². The van der Waals surface area contributed by atoms with Crippen molar-refractivity contribution in [3.63, 3.8) is 0 Å². The lowest BCUT2D eigenvalue weighted by atomic mass is 9.98. The number of sulfonamides is 1. The van der Waals surface area contributed by atoms with Crippen LogP contribution in [-0.4, -0.2) is 38.4 Å². The van der Waals surface area contributed by atoms with E-state index < -0.39 is 10.0 Å². The van der Waals surface area contributed by atoms with Gasteiger partial charge in [0.2, 0.25) is 10.0 Å². The number of amides is 1. The van der Waals surface area contributed by atoms with Crippen molar-refractivity contribution in [1.82, 2.24) is 5.01 Å². The van der Waals surface area contributed by atoms with Gasteiger partial charge >= 0.3 is 0 Å². The predicted molar refractivity (Wildman–Crippen MR) is 122 cm³/mol. The van der Waals surface area contributed by atoms with E-state index in [1.54, 1.807) is 31.4 Å². The first-order chi connectivity index (χ1) is 14.8. The van der Waals surface area contributed by atoms with Gasteiger partial charge in [-0.2, -0.15) is 5.10 Å². The van der Waals surface area contributed by atoms with Gasteiger partial charge in [0.1, 0.15) is 5.75 Å². The standard InChI is InChI=1S/C22H21N3O4S2/c1-29-18-9-4-7-16(13-18)20-14-19(23-25(20)22(26)21-10-5-11-30-21)15-6-3-8-17(12-15)24-31(2,27)28/h3-13,20,24H,14H2,1-2H3. The van der Waals surface area contributed by atoms with Crippen LogP contribution in [0, 0.1) is 0 Å². The van der Waals surface area contributed by atoms with Crippen LogP contribution in [0.3, 0.4) is 0 Å². The second-order valence-corrected chi connectivity index (χ2v) is 9.82. The number of carbonyl (C=O) groups is 1. The number of carbonyl (C=O) groups excluding carboxylic acids is 1. The minimum atomic E-state index is -3.40. The molecule has 160 valence electrons. The fourth-order valence-corrected chi connectivity index (χ4v) is 4.68. The molecular formula is C22H21N3O4S2. The quantitative estimate of drug-likeness (QED) is 0.606. The minimum Gasteiger partial charge on any atom is -0.497 e. The van der Waals surface area contributed by atoms with Crippen molar-refractivity contribution < 1.29 is 17.9 Å². The number of benzene rings is 2. The van der Waals surface area contributed by atoms with E-state index in [0.29, 0.717) is 28.4 Å². The molecule has 1 atom stereocenters. The average Bonchev–Trinajstić information content (AvgIpc) is 3.43. The summed E-state index contributed by atoms with van der Waals surface area (Å²) in [4.78, 5) is 13.8. The van der Waals surface area contributed by atoms with Crippen LogP contribution in [0.5, 0.6) is 5.75 Å². The summed E-state index contributed by atoms with van der Waals surface area (Å²) in [5.41, 5.74) is 2.81. The third kappa shape index (κ3) is 4.78. The number of hydrogen-bond donors (Lipinski definition) is 1. The Kier molecular flexibility index (Phi) is 5.79. The first-order valence-electron chi connectivity index (χ1n) is 9.51. The maximum absolute atomic E-state index is 13.2. The monoisotopic (exact) mass is 455 g/mol. The van der Waals surface area contributed by atoms with Gasteiger partial charge in [-0.3, -0.25) is 9.52 Å². The maximum atomic E-state index is 13.2. The summed E-state index contributed by atoms with van der Waals surface area (Å²) >= 11 is 1.37. The summed E-state index contributed by atoms with van der Waals surface area (Å²) in [5, 5.41) is 8.02. The van der Waals surface area contributed by atoms with Gasteiger partial charge in [0.15, 0.2) is 0 Å². The van der Waals surface area contributed by atoms with Crippen molar-refractivity contribution in [3.05, 3.63) is 82.0 Å². The fraction of sp³-hybridized carbons (Fsp3) is 0.182. The SMILES string of the molecule is COc1cccc(C2CC(c3cccc(NS(C)(=O)=O)c3)=NN2C(=O)c2cccs2)c1. The van der Waals surface area contributed by atoms with E-state index in [-0.39, 0.29) is 11.9 Å². The number of rotatable bonds is 6. The molecule has 4 rings (SSSR count). The number of nitrogens with one attached hydrogen (secondary N) is 1. The molecule has 1 aliphatic heterocycles. The smallest absolute Gasteiger partial charge is 0.284 e. The zero-order chi connectivity index (χ0) is 22.0. The van der Waals surface area contributed by atoms with Gasteiger partial charge < -0.3 is 4.74 Å². The predicted octanol–water partition coefficient (Wildman–Crippen LogP) is 4.12. The summed E-state index contributed by atoms with van der Waals surface area (Å²) in [7, 11) is -1.80. The lowest BCUT2D eigenvalue weighted by Gasteiger charge is -2.21. The minimum absolute atomic E-state index is 0.178. The molecule has 0 radical (unpaired) electrons. The van der Waals surface area contributed by atoms with E-state index in [4.69, 9.17) is 4.74 Å². The second kappa shape index (κ2) is 8.52.